The van der Waals surface area contributed by atoms with Gasteiger partial charge in [0.2, 0.25) is 11.9 Å². The molecule has 0 fully saturated rings. The molecule has 0 spiro atoms. The topological polar surface area (TPSA) is 133 Å². The highest BCUT2D eigenvalue weighted by atomic mass is 19.1. The van der Waals surface area contributed by atoms with Crippen molar-refractivity contribution >= 4 is 23.3 Å². The maximum absolute atomic E-state index is 13.4. The highest BCUT2D eigenvalue weighted by Crippen LogP contribution is 2.30. The monoisotopic (exact) mass is 474 g/mol. The molecule has 5 aromatic rings. The second-order valence-electron chi connectivity index (χ2n) is 7.51. The number of imidazole rings is 2. The van der Waals surface area contributed by atoms with E-state index in [4.69, 9.17) is 5.73 Å². The first kappa shape index (κ1) is 21.8. The number of aromatic nitrogens is 6. The lowest BCUT2D eigenvalue weighted by Crippen LogP contribution is -2.19. The summed E-state index contributed by atoms with van der Waals surface area (Å²) >= 11 is 0. The van der Waals surface area contributed by atoms with Gasteiger partial charge in [0, 0.05) is 23.4 Å². The Hall–Kier alpha value is -5.00. The largest absolute Gasteiger partial charge is 0.368 e. The number of hydrogen-bond acceptors (Lipinski definition) is 6. The summed E-state index contributed by atoms with van der Waals surface area (Å²) in [5, 5.41) is 7.14. The van der Waals surface area contributed by atoms with E-state index in [1.807, 2.05) is 0 Å². The molecule has 5 rings (SSSR count). The van der Waals surface area contributed by atoms with Gasteiger partial charge in [-0.05, 0) is 42.5 Å². The van der Waals surface area contributed by atoms with Crippen LogP contribution in [0, 0.1) is 11.8 Å². The number of carbonyl (C=O) groups is 2. The fourth-order valence-corrected chi connectivity index (χ4v) is 3.56. The summed E-state index contributed by atoms with van der Waals surface area (Å²) in [5.74, 6) is -2.11. The summed E-state index contributed by atoms with van der Waals surface area (Å²) in [6.45, 7) is -0.142. The average Bonchev–Trinajstić information content (AvgIpc) is 3.42. The summed E-state index contributed by atoms with van der Waals surface area (Å²) in [7, 11) is 0. The van der Waals surface area contributed by atoms with E-state index in [0.29, 0.717) is 28.3 Å². The zero-order valence-electron chi connectivity index (χ0n) is 17.9. The third kappa shape index (κ3) is 4.44. The van der Waals surface area contributed by atoms with Crippen LogP contribution < -0.4 is 11.1 Å². The van der Waals surface area contributed by atoms with E-state index in [9.17, 15) is 18.4 Å². The van der Waals surface area contributed by atoms with E-state index in [2.05, 4.69) is 25.4 Å². The van der Waals surface area contributed by atoms with Crippen LogP contribution in [0.3, 0.4) is 0 Å². The Morgan fingerprint density at radius 1 is 1.03 bits per heavy atom. The van der Waals surface area contributed by atoms with Gasteiger partial charge in [-0.1, -0.05) is 0 Å². The minimum atomic E-state index is -0.775. The van der Waals surface area contributed by atoms with Crippen molar-refractivity contribution in [1.82, 2.24) is 29.1 Å². The summed E-state index contributed by atoms with van der Waals surface area (Å²) < 4.78 is 29.7. The van der Waals surface area contributed by atoms with Crippen molar-refractivity contribution in [1.29, 1.82) is 0 Å². The van der Waals surface area contributed by atoms with Crippen LogP contribution in [0.25, 0.3) is 28.3 Å². The number of primary amides is 1. The van der Waals surface area contributed by atoms with E-state index < -0.39 is 23.6 Å². The van der Waals surface area contributed by atoms with Crippen molar-refractivity contribution in [2.75, 3.05) is 5.32 Å². The molecular weight excluding hydrogens is 458 g/mol. The van der Waals surface area contributed by atoms with Gasteiger partial charge in [0.25, 0.3) is 5.91 Å². The molecule has 174 valence electrons. The predicted octanol–water partition coefficient (Wildman–Crippen LogP) is 2.67. The zero-order chi connectivity index (χ0) is 24.5. The first-order valence-electron chi connectivity index (χ1n) is 10.3. The number of fused-ring (bicyclic) bond motifs is 1. The number of nitrogens with zero attached hydrogens (tertiary/aromatic N) is 6. The Balaban J connectivity index is 1.52. The maximum Gasteiger partial charge on any atom is 0.257 e. The highest BCUT2D eigenvalue weighted by molar-refractivity contribution is 6.03. The lowest BCUT2D eigenvalue weighted by atomic mass is 10.1. The second kappa shape index (κ2) is 8.74. The van der Waals surface area contributed by atoms with Gasteiger partial charge in [-0.2, -0.15) is 9.49 Å². The molecule has 4 heterocycles. The van der Waals surface area contributed by atoms with Crippen molar-refractivity contribution in [2.24, 2.45) is 5.73 Å². The zero-order valence-corrected chi connectivity index (χ0v) is 17.9. The molecule has 4 aromatic heterocycles. The molecule has 1 aromatic carbocycles. The third-order valence-corrected chi connectivity index (χ3v) is 5.07. The lowest BCUT2D eigenvalue weighted by molar-refractivity contribution is -0.118. The van der Waals surface area contributed by atoms with Crippen molar-refractivity contribution in [3.05, 3.63) is 84.6 Å². The molecule has 0 aliphatic rings. The standard InChI is InChI=1S/C23H16F2N8O2/c24-15-3-1-13(2-4-15)21-22(32(12-28-21)10-18(26)34)16-5-6-20-29-19(11-33(20)31-16)30-23(35)14-7-8-27-17(25)9-14/h1-9,11-12H,10H2,(H2,26,34)(H,30,35). The number of hydrogen-bond donors (Lipinski definition) is 2. The fourth-order valence-electron chi connectivity index (χ4n) is 3.56. The van der Waals surface area contributed by atoms with E-state index in [-0.39, 0.29) is 17.9 Å². The molecule has 10 nitrogen and oxygen atoms in total. The van der Waals surface area contributed by atoms with Crippen molar-refractivity contribution in [3.63, 3.8) is 0 Å². The number of rotatable bonds is 6. The van der Waals surface area contributed by atoms with Gasteiger partial charge >= 0.3 is 0 Å². The minimum absolute atomic E-state index is 0.0856. The van der Waals surface area contributed by atoms with Crippen molar-refractivity contribution in [2.45, 2.75) is 6.54 Å². The molecule has 0 saturated carbocycles. The van der Waals surface area contributed by atoms with Crippen LogP contribution in [0.5, 0.6) is 0 Å². The minimum Gasteiger partial charge on any atom is -0.368 e. The van der Waals surface area contributed by atoms with Crippen LogP contribution in [0.2, 0.25) is 0 Å². The molecule has 0 aliphatic heterocycles. The van der Waals surface area contributed by atoms with Gasteiger partial charge in [-0.25, -0.2) is 23.9 Å². The van der Waals surface area contributed by atoms with Gasteiger partial charge in [-0.15, -0.1) is 0 Å². The smallest absolute Gasteiger partial charge is 0.257 e. The molecule has 0 saturated heterocycles. The number of carbonyl (C=O) groups excluding carboxylic acids is 2. The number of amides is 2. The lowest BCUT2D eigenvalue weighted by Gasteiger charge is -2.09. The number of nitrogens with one attached hydrogen (secondary N) is 1. The highest BCUT2D eigenvalue weighted by Gasteiger charge is 2.19. The SMILES string of the molecule is NC(=O)Cn1cnc(-c2ccc(F)cc2)c1-c1ccc2nc(NC(=O)c3ccnc(F)c3)cn2n1. The Kier molecular flexibility index (Phi) is 5.45. The van der Waals surface area contributed by atoms with Crippen LogP contribution in [0.1, 0.15) is 10.4 Å². The van der Waals surface area contributed by atoms with E-state index in [0.717, 1.165) is 6.07 Å². The molecule has 2 amide bonds. The number of benzene rings is 1. The normalized spacial score (nSPS) is 11.0. The molecule has 0 atom stereocenters. The summed E-state index contributed by atoms with van der Waals surface area (Å²) in [4.78, 5) is 36.1. The van der Waals surface area contributed by atoms with Crippen LogP contribution in [-0.2, 0) is 11.3 Å². The predicted molar refractivity (Wildman–Crippen MR) is 121 cm³/mol. The van der Waals surface area contributed by atoms with E-state index in [1.54, 1.807) is 28.8 Å². The number of pyridine rings is 1. The van der Waals surface area contributed by atoms with Crippen molar-refractivity contribution < 1.29 is 18.4 Å². The van der Waals surface area contributed by atoms with Gasteiger partial charge in [0.15, 0.2) is 11.5 Å². The first-order chi connectivity index (χ1) is 16.9. The quantitative estimate of drug-likeness (QED) is 0.364. The Labute approximate surface area is 196 Å². The molecule has 0 aliphatic carbocycles. The number of halogens is 2. The van der Waals surface area contributed by atoms with E-state index >= 15 is 0 Å². The fraction of sp³-hybridized carbons (Fsp3) is 0.0435. The van der Waals surface area contributed by atoms with Crippen LogP contribution in [-0.4, -0.2) is 40.9 Å². The Bertz CT molecular complexity index is 1580. The van der Waals surface area contributed by atoms with E-state index in [1.165, 1.54) is 41.4 Å². The van der Waals surface area contributed by atoms with Gasteiger partial charge in [0.05, 0.1) is 23.9 Å². The third-order valence-electron chi connectivity index (χ3n) is 5.07. The van der Waals surface area contributed by atoms with Crippen LogP contribution >= 0.6 is 0 Å². The Morgan fingerprint density at radius 2 is 1.83 bits per heavy atom. The summed E-state index contributed by atoms with van der Waals surface area (Å²) in [5.41, 5.74) is 7.93. The maximum atomic E-state index is 13.4. The van der Waals surface area contributed by atoms with Crippen LogP contribution in [0.4, 0.5) is 14.6 Å². The molecule has 12 heteroatoms. The van der Waals surface area contributed by atoms with Crippen LogP contribution in [0.15, 0.2) is 67.3 Å². The number of anilines is 1. The van der Waals surface area contributed by atoms with Crippen molar-refractivity contribution in [3.8, 4) is 22.6 Å². The van der Waals surface area contributed by atoms with Gasteiger partial charge < -0.3 is 15.6 Å². The second-order valence-corrected chi connectivity index (χ2v) is 7.51. The molecular formula is C23H16F2N8O2. The molecule has 35 heavy (non-hydrogen) atoms. The van der Waals surface area contributed by atoms with Gasteiger partial charge in [-0.3, -0.25) is 9.59 Å². The molecule has 0 unspecified atom stereocenters. The first-order valence-corrected chi connectivity index (χ1v) is 10.3. The Morgan fingerprint density at radius 3 is 2.57 bits per heavy atom. The average molecular weight is 474 g/mol. The summed E-state index contributed by atoms with van der Waals surface area (Å²) in [6.07, 6.45) is 4.13. The molecule has 0 radical (unpaired) electrons. The summed E-state index contributed by atoms with van der Waals surface area (Å²) in [6, 6.07) is 11.5. The molecule has 3 N–H and O–H groups in total. The van der Waals surface area contributed by atoms with Gasteiger partial charge in [0.1, 0.15) is 18.1 Å². The number of nitrogens with two attached hydrogens (primary N) is 1. The molecule has 0 bridgehead atoms.